The van der Waals surface area contributed by atoms with Gasteiger partial charge in [0, 0.05) is 21.7 Å². The molecule has 0 bridgehead atoms. The van der Waals surface area contributed by atoms with Crippen molar-refractivity contribution >= 4 is 58.3 Å². The second kappa shape index (κ2) is 14.4. The van der Waals surface area contributed by atoms with Crippen molar-refractivity contribution in [1.29, 1.82) is 0 Å². The fourth-order valence-corrected chi connectivity index (χ4v) is 3.69. The Bertz CT molecular complexity index is 1160. The number of anilines is 4. The first-order chi connectivity index (χ1) is 15.2. The molecule has 2 aromatic heterocycles. The van der Waals surface area contributed by atoms with E-state index in [9.17, 15) is 10.5 Å². The zero-order chi connectivity index (χ0) is 21.5. The maximum atomic E-state index is 10.2. The molecule has 4 aromatic rings. The summed E-state index contributed by atoms with van der Waals surface area (Å²) >= 11 is 1.43. The number of hydrogen-bond donors (Lipinski definition) is 3. The molecule has 0 saturated heterocycles. The van der Waals surface area contributed by atoms with E-state index in [4.69, 9.17) is 0 Å². The van der Waals surface area contributed by atoms with Crippen molar-refractivity contribution in [3.63, 3.8) is 0 Å². The number of hydrogen-bond acceptors (Lipinski definition) is 14. The zero-order valence-electron chi connectivity index (χ0n) is 17.2. The van der Waals surface area contributed by atoms with Crippen LogP contribution in [0.15, 0.2) is 58.7 Å². The van der Waals surface area contributed by atoms with Crippen LogP contribution in [-0.4, -0.2) is 25.1 Å². The molecule has 0 amide bonds. The molecule has 0 unspecified atom stereocenters. The topological polar surface area (TPSA) is 174 Å². The summed E-state index contributed by atoms with van der Waals surface area (Å²) in [6, 6.07) is 10.5. The average Bonchev–Trinajstić information content (AvgIpc) is 3.29. The molecule has 0 aliphatic rings. The summed E-state index contributed by atoms with van der Waals surface area (Å²) in [5, 5.41) is 41.2. The van der Waals surface area contributed by atoms with Gasteiger partial charge >= 0.3 is 59.1 Å². The molecular weight excluding hydrogens is 496 g/mol. The van der Waals surface area contributed by atoms with Gasteiger partial charge in [-0.1, -0.05) is 6.07 Å². The molecule has 33 heavy (non-hydrogen) atoms. The third-order valence-corrected chi connectivity index (χ3v) is 4.96. The first-order valence-electron chi connectivity index (χ1n) is 8.32. The van der Waals surface area contributed by atoms with Crippen molar-refractivity contribution in [2.75, 3.05) is 10.6 Å². The number of aromatic nitrogens is 5. The predicted molar refractivity (Wildman–Crippen MR) is 105 cm³/mol. The number of fused-ring (bicyclic) bond motifs is 1. The molecule has 2 heterocycles. The number of aromatic amines is 1. The molecule has 0 spiro atoms. The van der Waals surface area contributed by atoms with E-state index >= 15 is 0 Å². The molecule has 0 saturated carbocycles. The fraction of sp³-hybridized carbons (Fsp3) is 0. The largest absolute Gasteiger partial charge is 1.00 e. The van der Waals surface area contributed by atoms with E-state index in [0.717, 1.165) is 22.8 Å². The monoisotopic (exact) mass is 507 g/mol. The van der Waals surface area contributed by atoms with Crippen molar-refractivity contribution < 1.29 is 88.4 Å². The number of rotatable bonds is 10. The Hall–Kier alpha value is -1.02. The quantitative estimate of drug-likeness (QED) is 0.0814. The molecule has 0 radical (unpaired) electrons. The van der Waals surface area contributed by atoms with Gasteiger partial charge < -0.3 is 21.1 Å². The minimum atomic E-state index is 0. The van der Waals surface area contributed by atoms with E-state index < -0.39 is 0 Å². The summed E-state index contributed by atoms with van der Waals surface area (Å²) < 4.78 is 8.81. The Balaban J connectivity index is 0.00000193. The van der Waals surface area contributed by atoms with Gasteiger partial charge in [0.2, 0.25) is 11.9 Å². The number of nitrogens with zero attached hydrogens (tertiary/aromatic N) is 4. The van der Waals surface area contributed by atoms with Crippen molar-refractivity contribution in [1.82, 2.24) is 25.1 Å². The minimum absolute atomic E-state index is 0. The van der Waals surface area contributed by atoms with Crippen molar-refractivity contribution in [3.05, 3.63) is 48.9 Å². The first-order valence-corrected chi connectivity index (χ1v) is 9.80. The van der Waals surface area contributed by atoms with Gasteiger partial charge in [-0.2, -0.15) is 23.7 Å². The Labute approximate surface area is 239 Å². The van der Waals surface area contributed by atoms with Crippen LogP contribution in [0, 0.1) is 0 Å². The zero-order valence-corrected chi connectivity index (χ0v) is 22.8. The predicted octanol–water partition coefficient (Wildman–Crippen LogP) is -4.30. The summed E-state index contributed by atoms with van der Waals surface area (Å²) in [7, 11) is 0. The first kappa shape index (κ1) is 28.2. The van der Waals surface area contributed by atoms with E-state index in [0.29, 0.717) is 45.2 Å². The van der Waals surface area contributed by atoms with Gasteiger partial charge in [-0.3, -0.25) is 10.1 Å². The van der Waals surface area contributed by atoms with Gasteiger partial charge in [0.05, 0.1) is 24.1 Å². The van der Waals surface area contributed by atoms with Crippen LogP contribution in [-0.2, 0) is 18.7 Å². The van der Waals surface area contributed by atoms with E-state index in [2.05, 4.69) is 54.5 Å². The van der Waals surface area contributed by atoms with E-state index in [1.807, 2.05) is 12.1 Å². The van der Waals surface area contributed by atoms with Crippen LogP contribution >= 0.6 is 24.1 Å². The molecule has 13 nitrogen and oxygen atoms in total. The van der Waals surface area contributed by atoms with Crippen molar-refractivity contribution in [2.24, 2.45) is 0 Å². The molecule has 0 aliphatic carbocycles. The molecule has 4 rings (SSSR count). The van der Waals surface area contributed by atoms with Gasteiger partial charge in [-0.05, 0) is 41.1 Å². The van der Waals surface area contributed by atoms with Crippen molar-refractivity contribution in [3.8, 4) is 0 Å². The molecule has 2 aromatic carbocycles. The Morgan fingerprint density at radius 2 is 1.73 bits per heavy atom. The van der Waals surface area contributed by atoms with Crippen LogP contribution in [0.2, 0.25) is 0 Å². The van der Waals surface area contributed by atoms with Gasteiger partial charge in [-0.25, -0.2) is 10.1 Å². The average molecular weight is 507 g/mol. The van der Waals surface area contributed by atoms with Crippen LogP contribution in [0.25, 0.3) is 10.8 Å². The van der Waals surface area contributed by atoms with Crippen LogP contribution < -0.4 is 80.3 Å². The number of benzene rings is 2. The second-order valence-corrected chi connectivity index (χ2v) is 7.16. The Morgan fingerprint density at radius 3 is 2.48 bits per heavy atom. The summed E-state index contributed by atoms with van der Waals surface area (Å²) in [5.41, 5.74) is 0.685. The number of nitrogens with one attached hydrogen (secondary N) is 3. The normalized spacial score (nSPS) is 10.4. The second-order valence-electron chi connectivity index (χ2n) is 5.65. The molecule has 0 atom stereocenters. The third-order valence-electron chi connectivity index (χ3n) is 3.77. The molecule has 160 valence electrons. The van der Waals surface area contributed by atoms with Crippen LogP contribution in [0.1, 0.15) is 0 Å². The third kappa shape index (κ3) is 8.01. The SMILES string of the molecule is [Na+].[Na+].[O-]OOSc1cc(SOO[O-])c2ccc(Nc3nccc(Nc4ncn[nH]4)n3)cc2c1. The molecule has 0 fully saturated rings. The van der Waals surface area contributed by atoms with Gasteiger partial charge in [-0.15, -0.1) is 0 Å². The molecule has 17 heteroatoms. The number of H-pyrrole nitrogens is 1. The van der Waals surface area contributed by atoms with Gasteiger partial charge in [0.1, 0.15) is 12.1 Å². The summed E-state index contributed by atoms with van der Waals surface area (Å²) in [5.74, 6) is 1.30. The van der Waals surface area contributed by atoms with E-state index in [-0.39, 0.29) is 59.1 Å². The Morgan fingerprint density at radius 1 is 0.909 bits per heavy atom. The summed E-state index contributed by atoms with van der Waals surface area (Å²) in [4.78, 5) is 13.6. The molecular formula is C16H11N7Na2O6S2. The molecule has 3 N–H and O–H groups in total. The minimum Gasteiger partial charge on any atom is -0.691 e. The maximum absolute atomic E-state index is 10.2. The van der Waals surface area contributed by atoms with E-state index in [1.165, 1.54) is 6.33 Å². The van der Waals surface area contributed by atoms with Crippen molar-refractivity contribution in [2.45, 2.75) is 9.79 Å². The van der Waals surface area contributed by atoms with Crippen LogP contribution in [0.4, 0.5) is 23.4 Å². The van der Waals surface area contributed by atoms with Gasteiger partial charge in [0.15, 0.2) is 0 Å². The summed E-state index contributed by atoms with van der Waals surface area (Å²) in [6.45, 7) is 0. The maximum Gasteiger partial charge on any atom is 1.00 e. The van der Waals surface area contributed by atoms with Crippen LogP contribution in [0.3, 0.4) is 0 Å². The smallest absolute Gasteiger partial charge is 0.691 e. The van der Waals surface area contributed by atoms with Gasteiger partial charge in [0.25, 0.3) is 0 Å². The standard InChI is InChI=1S/C16H13N7O6S2.2Na/c24-26-28-30-11-6-9-5-10(1-2-12(9)13(7-11)31-29-27-25)20-15-17-4-3-14(21-15)22-16-18-8-19-23-16;;/h1-8,24-25H,(H3,17,18,19,20,21,22,23);;/q;2*+1/p-2. The van der Waals surface area contributed by atoms with E-state index in [1.54, 1.807) is 30.5 Å². The summed E-state index contributed by atoms with van der Waals surface area (Å²) in [6.07, 6.45) is 2.96. The fourth-order valence-electron chi connectivity index (χ4n) is 2.61. The van der Waals surface area contributed by atoms with Crippen LogP contribution in [0.5, 0.6) is 0 Å². The Kier molecular flexibility index (Phi) is 12.3. The molecule has 0 aliphatic heterocycles.